The molecule has 0 aliphatic carbocycles. The number of carbonyl (C=O) groups is 1. The average Bonchev–Trinajstić information content (AvgIpc) is 3.13. The fraction of sp³-hybridized carbons (Fsp3) is 0.438. The molecule has 0 saturated carbocycles. The minimum Gasteiger partial charge on any atom is -0.383 e. The molecule has 1 aliphatic rings. The van der Waals surface area contributed by atoms with Crippen molar-refractivity contribution in [1.29, 1.82) is 0 Å². The molecule has 0 bridgehead atoms. The SMILES string of the molecule is COCCn1cnnc1SCC(=O)N1c2ccccc2CC1C. The van der Waals surface area contributed by atoms with Crippen LogP contribution in [0, 0.1) is 0 Å². The van der Waals surface area contributed by atoms with Gasteiger partial charge in [-0.3, -0.25) is 4.79 Å². The summed E-state index contributed by atoms with van der Waals surface area (Å²) in [4.78, 5) is 14.6. The Morgan fingerprint density at radius 2 is 2.26 bits per heavy atom. The number of nitrogens with zero attached hydrogens (tertiary/aromatic N) is 4. The second kappa shape index (κ2) is 7.14. The van der Waals surface area contributed by atoms with E-state index in [1.165, 1.54) is 17.3 Å². The minimum atomic E-state index is 0.105. The Kier molecular flexibility index (Phi) is 4.97. The fourth-order valence-corrected chi connectivity index (χ4v) is 3.64. The van der Waals surface area contributed by atoms with E-state index in [9.17, 15) is 4.79 Å². The molecule has 2 heterocycles. The van der Waals surface area contributed by atoms with Crippen LogP contribution in [0.3, 0.4) is 0 Å². The van der Waals surface area contributed by atoms with Gasteiger partial charge in [-0.2, -0.15) is 0 Å². The van der Waals surface area contributed by atoms with Crippen molar-refractivity contribution in [3.8, 4) is 0 Å². The van der Waals surface area contributed by atoms with Gasteiger partial charge in [0.1, 0.15) is 6.33 Å². The summed E-state index contributed by atoms with van der Waals surface area (Å²) in [6, 6.07) is 8.31. The van der Waals surface area contributed by atoms with Gasteiger partial charge in [-0.05, 0) is 25.0 Å². The molecule has 1 aromatic heterocycles. The van der Waals surface area contributed by atoms with E-state index >= 15 is 0 Å². The Balaban J connectivity index is 1.65. The van der Waals surface area contributed by atoms with E-state index in [1.807, 2.05) is 27.7 Å². The Morgan fingerprint density at radius 1 is 1.43 bits per heavy atom. The molecule has 1 unspecified atom stereocenters. The lowest BCUT2D eigenvalue weighted by atomic mass is 10.1. The predicted octanol–water partition coefficient (Wildman–Crippen LogP) is 1.99. The van der Waals surface area contributed by atoms with Gasteiger partial charge in [0.2, 0.25) is 5.91 Å². The van der Waals surface area contributed by atoms with Crippen LogP contribution < -0.4 is 4.90 Å². The van der Waals surface area contributed by atoms with Crippen molar-refractivity contribution in [3.05, 3.63) is 36.2 Å². The molecule has 6 nitrogen and oxygen atoms in total. The van der Waals surface area contributed by atoms with Crippen LogP contribution in [0.2, 0.25) is 0 Å². The third kappa shape index (κ3) is 3.40. The molecule has 0 N–H and O–H groups in total. The van der Waals surface area contributed by atoms with Gasteiger partial charge in [0, 0.05) is 25.4 Å². The number of ether oxygens (including phenoxy) is 1. The molecule has 0 spiro atoms. The van der Waals surface area contributed by atoms with E-state index < -0.39 is 0 Å². The summed E-state index contributed by atoms with van der Waals surface area (Å²) in [5.41, 5.74) is 2.27. The van der Waals surface area contributed by atoms with Gasteiger partial charge in [0.15, 0.2) is 5.16 Å². The van der Waals surface area contributed by atoms with E-state index in [-0.39, 0.29) is 11.9 Å². The molecular weight excluding hydrogens is 312 g/mol. The van der Waals surface area contributed by atoms with Crippen molar-refractivity contribution < 1.29 is 9.53 Å². The van der Waals surface area contributed by atoms with Gasteiger partial charge in [0.05, 0.1) is 12.4 Å². The largest absolute Gasteiger partial charge is 0.383 e. The van der Waals surface area contributed by atoms with Crippen molar-refractivity contribution in [2.45, 2.75) is 31.1 Å². The first-order chi connectivity index (χ1) is 11.2. The standard InChI is InChI=1S/C16H20N4O2S/c1-12-9-13-5-3-4-6-14(13)20(12)15(21)10-23-16-18-17-11-19(16)7-8-22-2/h3-6,11-12H,7-10H2,1-2H3. The number of fused-ring (bicyclic) bond motifs is 1. The molecular formula is C16H20N4O2S. The molecule has 0 fully saturated rings. The second-order valence-corrected chi connectivity index (χ2v) is 6.48. The monoisotopic (exact) mass is 332 g/mol. The zero-order valence-corrected chi connectivity index (χ0v) is 14.1. The number of hydrogen-bond donors (Lipinski definition) is 0. The van der Waals surface area contributed by atoms with Crippen molar-refractivity contribution in [1.82, 2.24) is 14.8 Å². The first kappa shape index (κ1) is 16.0. The third-order valence-corrected chi connectivity index (χ3v) is 4.88. The van der Waals surface area contributed by atoms with E-state index in [2.05, 4.69) is 23.2 Å². The van der Waals surface area contributed by atoms with E-state index in [0.717, 1.165) is 17.3 Å². The Morgan fingerprint density at radius 3 is 3.09 bits per heavy atom. The highest BCUT2D eigenvalue weighted by Crippen LogP contribution is 2.32. The molecule has 0 saturated heterocycles. The first-order valence-electron chi connectivity index (χ1n) is 7.60. The van der Waals surface area contributed by atoms with Gasteiger partial charge in [-0.25, -0.2) is 0 Å². The minimum absolute atomic E-state index is 0.105. The van der Waals surface area contributed by atoms with Gasteiger partial charge in [-0.1, -0.05) is 30.0 Å². The summed E-state index contributed by atoms with van der Waals surface area (Å²) in [6.45, 7) is 3.36. The highest BCUT2D eigenvalue weighted by atomic mass is 32.2. The normalized spacial score (nSPS) is 16.6. The lowest BCUT2D eigenvalue weighted by molar-refractivity contribution is -0.116. The third-order valence-electron chi connectivity index (χ3n) is 3.92. The van der Waals surface area contributed by atoms with Gasteiger partial charge < -0.3 is 14.2 Å². The molecule has 1 aliphatic heterocycles. The molecule has 1 aromatic carbocycles. The topological polar surface area (TPSA) is 60.2 Å². The number of hydrogen-bond acceptors (Lipinski definition) is 5. The molecule has 122 valence electrons. The van der Waals surface area contributed by atoms with Crippen molar-refractivity contribution in [2.24, 2.45) is 0 Å². The molecule has 3 rings (SSSR count). The number of thioether (sulfide) groups is 1. The van der Waals surface area contributed by atoms with Crippen LogP contribution in [0.25, 0.3) is 0 Å². The Labute approximate surface area is 139 Å². The van der Waals surface area contributed by atoms with Gasteiger partial charge in [0.25, 0.3) is 0 Å². The summed E-state index contributed by atoms with van der Waals surface area (Å²) in [6.07, 6.45) is 2.58. The summed E-state index contributed by atoms with van der Waals surface area (Å²) >= 11 is 1.42. The maximum atomic E-state index is 12.7. The van der Waals surface area contributed by atoms with Crippen LogP contribution in [-0.4, -0.2) is 46.2 Å². The molecule has 1 amide bonds. The van der Waals surface area contributed by atoms with Crippen molar-refractivity contribution in [3.63, 3.8) is 0 Å². The Bertz CT molecular complexity index is 688. The van der Waals surface area contributed by atoms with Gasteiger partial charge in [-0.15, -0.1) is 10.2 Å². The second-order valence-electron chi connectivity index (χ2n) is 5.53. The molecule has 1 atom stereocenters. The van der Waals surface area contributed by atoms with E-state index in [4.69, 9.17) is 4.74 Å². The predicted molar refractivity (Wildman–Crippen MR) is 89.7 cm³/mol. The number of anilines is 1. The van der Waals surface area contributed by atoms with Gasteiger partial charge >= 0.3 is 0 Å². The van der Waals surface area contributed by atoms with Crippen molar-refractivity contribution in [2.75, 3.05) is 24.4 Å². The maximum Gasteiger partial charge on any atom is 0.237 e. The Hall–Kier alpha value is -1.86. The number of aromatic nitrogens is 3. The van der Waals surface area contributed by atoms with Crippen LogP contribution in [0.1, 0.15) is 12.5 Å². The lowest BCUT2D eigenvalue weighted by Crippen LogP contribution is -2.37. The van der Waals surface area contributed by atoms with E-state index in [1.54, 1.807) is 13.4 Å². The number of carbonyl (C=O) groups excluding carboxylic acids is 1. The molecule has 23 heavy (non-hydrogen) atoms. The summed E-state index contributed by atoms with van der Waals surface area (Å²) in [7, 11) is 1.66. The highest BCUT2D eigenvalue weighted by Gasteiger charge is 2.30. The number of rotatable bonds is 6. The molecule has 2 aromatic rings. The van der Waals surface area contributed by atoms with Crippen LogP contribution in [-0.2, 0) is 22.5 Å². The van der Waals surface area contributed by atoms with Crippen LogP contribution in [0.5, 0.6) is 0 Å². The quantitative estimate of drug-likeness (QED) is 0.757. The summed E-state index contributed by atoms with van der Waals surface area (Å²) in [5.74, 6) is 0.457. The fourth-order valence-electron chi connectivity index (χ4n) is 2.84. The van der Waals surface area contributed by atoms with Crippen LogP contribution in [0.4, 0.5) is 5.69 Å². The number of methoxy groups -OCH3 is 1. The lowest BCUT2D eigenvalue weighted by Gasteiger charge is -2.22. The van der Waals surface area contributed by atoms with E-state index in [0.29, 0.717) is 18.9 Å². The summed E-state index contributed by atoms with van der Waals surface area (Å²) < 4.78 is 6.97. The highest BCUT2D eigenvalue weighted by molar-refractivity contribution is 7.99. The smallest absolute Gasteiger partial charge is 0.237 e. The van der Waals surface area contributed by atoms with Crippen LogP contribution >= 0.6 is 11.8 Å². The average molecular weight is 332 g/mol. The van der Waals surface area contributed by atoms with Crippen LogP contribution in [0.15, 0.2) is 35.7 Å². The number of amides is 1. The zero-order chi connectivity index (χ0) is 16.2. The maximum absolute atomic E-state index is 12.7. The first-order valence-corrected chi connectivity index (χ1v) is 8.58. The summed E-state index contributed by atoms with van der Waals surface area (Å²) in [5, 5.41) is 8.74. The van der Waals surface area contributed by atoms with Crippen molar-refractivity contribution >= 4 is 23.4 Å². The zero-order valence-electron chi connectivity index (χ0n) is 13.3. The molecule has 7 heteroatoms. The molecule has 0 radical (unpaired) electrons. The number of benzene rings is 1. The number of para-hydroxylation sites is 1.